The summed E-state index contributed by atoms with van der Waals surface area (Å²) in [6.07, 6.45) is 1.82. The molecule has 0 saturated carbocycles. The van der Waals surface area contributed by atoms with Crippen LogP contribution >= 0.6 is 50.5 Å². The van der Waals surface area contributed by atoms with Crippen LogP contribution in [0.5, 0.6) is 0 Å². The number of benzene rings is 2. The minimum Gasteiger partial charge on any atom is -0.458 e. The number of halogens is 3. The maximum Gasteiger partial charge on any atom is 0.271 e. The Balaban J connectivity index is 1.68. The molecule has 0 radical (unpaired) electrons. The first-order valence-corrected chi connectivity index (χ1v) is 12.9. The monoisotopic (exact) mass is 586 g/mol. The third kappa shape index (κ3) is 4.49. The Labute approximate surface area is 222 Å². The van der Waals surface area contributed by atoms with Crippen molar-refractivity contribution in [3.05, 3.63) is 111 Å². The van der Waals surface area contributed by atoms with Gasteiger partial charge in [-0.2, -0.15) is 0 Å². The van der Waals surface area contributed by atoms with Crippen molar-refractivity contribution >= 4 is 62.3 Å². The number of allylic oxidation sites excluding steroid dienone is 2. The number of carbonyl (C=O) groups excluding carboxylic acids is 1. The number of carbonyl (C=O) groups is 1. The summed E-state index contributed by atoms with van der Waals surface area (Å²) < 4.78 is 9.19. The van der Waals surface area contributed by atoms with Crippen LogP contribution in [-0.2, 0) is 4.79 Å². The maximum absolute atomic E-state index is 13.6. The summed E-state index contributed by atoms with van der Waals surface area (Å²) in [4.78, 5) is 31.4. The Bertz CT molecular complexity index is 1700. The SMILES string of the molecule is CC(=O)C1=C(C)N=c2s/c(=C/c3ccc(Br)cc3)c(=O)n2[C@@H]1c1ccc(-c2ccc(Cl)c(Cl)c2)o1. The zero-order chi connectivity index (χ0) is 24.9. The molecule has 5 nitrogen and oxygen atoms in total. The highest BCUT2D eigenvalue weighted by molar-refractivity contribution is 9.10. The van der Waals surface area contributed by atoms with E-state index in [0.29, 0.717) is 42.2 Å². The van der Waals surface area contributed by atoms with Crippen molar-refractivity contribution in [1.82, 2.24) is 4.57 Å². The van der Waals surface area contributed by atoms with E-state index in [1.165, 1.54) is 22.8 Å². The molecule has 3 heterocycles. The molecule has 2 aromatic carbocycles. The lowest BCUT2D eigenvalue weighted by Gasteiger charge is -2.22. The maximum atomic E-state index is 13.6. The zero-order valence-electron chi connectivity index (χ0n) is 18.5. The van der Waals surface area contributed by atoms with E-state index in [2.05, 4.69) is 20.9 Å². The van der Waals surface area contributed by atoms with Crippen LogP contribution in [0, 0.1) is 0 Å². The first-order chi connectivity index (χ1) is 16.7. The third-order valence-corrected chi connectivity index (χ3v) is 7.92. The normalized spacial score (nSPS) is 15.8. The van der Waals surface area contributed by atoms with Crippen LogP contribution in [0.2, 0.25) is 10.0 Å². The van der Waals surface area contributed by atoms with Gasteiger partial charge >= 0.3 is 0 Å². The van der Waals surface area contributed by atoms with Crippen molar-refractivity contribution in [1.29, 1.82) is 0 Å². The fourth-order valence-corrected chi connectivity index (χ4v) is 5.66. The molecule has 1 aliphatic rings. The number of hydrogen-bond acceptors (Lipinski definition) is 5. The van der Waals surface area contributed by atoms with Crippen LogP contribution in [0.25, 0.3) is 17.4 Å². The topological polar surface area (TPSA) is 64.6 Å². The molecule has 0 bridgehead atoms. The molecular formula is C26H17BrCl2N2O3S. The molecule has 5 rings (SSSR count). The molecule has 0 fully saturated rings. The first kappa shape index (κ1) is 24.0. The fourth-order valence-electron chi connectivity index (χ4n) is 4.05. The highest BCUT2D eigenvalue weighted by Gasteiger charge is 2.33. The van der Waals surface area contributed by atoms with Crippen LogP contribution < -0.4 is 14.9 Å². The summed E-state index contributed by atoms with van der Waals surface area (Å²) in [5.74, 6) is 0.834. The molecule has 0 saturated heterocycles. The van der Waals surface area contributed by atoms with Gasteiger partial charge in [-0.25, -0.2) is 4.99 Å². The lowest BCUT2D eigenvalue weighted by atomic mass is 9.98. The lowest BCUT2D eigenvalue weighted by molar-refractivity contribution is -0.114. The average molecular weight is 588 g/mol. The highest BCUT2D eigenvalue weighted by Crippen LogP contribution is 2.35. The number of rotatable bonds is 4. The second-order valence-electron chi connectivity index (χ2n) is 8.02. The van der Waals surface area contributed by atoms with E-state index in [0.717, 1.165) is 15.6 Å². The second-order valence-corrected chi connectivity index (χ2v) is 10.8. The number of Topliss-reactive ketones (excluding diaryl/α,β-unsaturated/α-hetero) is 1. The number of furan rings is 1. The van der Waals surface area contributed by atoms with Crippen LogP contribution in [0.3, 0.4) is 0 Å². The minimum absolute atomic E-state index is 0.175. The van der Waals surface area contributed by atoms with Gasteiger partial charge in [0.2, 0.25) is 0 Å². The molecule has 0 N–H and O–H groups in total. The van der Waals surface area contributed by atoms with E-state index in [-0.39, 0.29) is 11.3 Å². The molecule has 0 aliphatic carbocycles. The number of thiazole rings is 1. The first-order valence-electron chi connectivity index (χ1n) is 10.6. The molecule has 1 atom stereocenters. The van der Waals surface area contributed by atoms with Gasteiger partial charge in [0, 0.05) is 21.3 Å². The molecule has 0 unspecified atom stereocenters. The molecule has 0 spiro atoms. The van der Waals surface area contributed by atoms with Crippen LogP contribution in [0.15, 0.2) is 84.5 Å². The van der Waals surface area contributed by atoms with Crippen molar-refractivity contribution in [3.8, 4) is 11.3 Å². The second kappa shape index (κ2) is 9.39. The lowest BCUT2D eigenvalue weighted by Crippen LogP contribution is -2.39. The van der Waals surface area contributed by atoms with Crippen molar-refractivity contribution in [2.45, 2.75) is 19.9 Å². The summed E-state index contributed by atoms with van der Waals surface area (Å²) in [6, 6.07) is 15.7. The molecule has 176 valence electrons. The van der Waals surface area contributed by atoms with Crippen molar-refractivity contribution < 1.29 is 9.21 Å². The smallest absolute Gasteiger partial charge is 0.271 e. The Morgan fingerprint density at radius 2 is 1.86 bits per heavy atom. The van der Waals surface area contributed by atoms with Gasteiger partial charge in [-0.1, -0.05) is 62.6 Å². The summed E-state index contributed by atoms with van der Waals surface area (Å²) in [7, 11) is 0. The molecule has 2 aromatic heterocycles. The highest BCUT2D eigenvalue weighted by atomic mass is 79.9. The van der Waals surface area contributed by atoms with Crippen molar-refractivity contribution in [3.63, 3.8) is 0 Å². The van der Waals surface area contributed by atoms with Crippen LogP contribution in [-0.4, -0.2) is 10.4 Å². The van der Waals surface area contributed by atoms with Gasteiger partial charge in [0.1, 0.15) is 17.6 Å². The third-order valence-electron chi connectivity index (χ3n) is 5.67. The number of hydrogen-bond donors (Lipinski definition) is 0. The molecule has 9 heteroatoms. The Morgan fingerprint density at radius 1 is 1.11 bits per heavy atom. The average Bonchev–Trinajstić information content (AvgIpc) is 3.41. The quantitative estimate of drug-likeness (QED) is 0.287. The summed E-state index contributed by atoms with van der Waals surface area (Å²) in [5.41, 5.74) is 2.37. The molecule has 0 amide bonds. The number of ketones is 1. The Hall–Kier alpha value is -2.71. The van der Waals surface area contributed by atoms with Gasteiger partial charge in [-0.15, -0.1) is 0 Å². The van der Waals surface area contributed by atoms with E-state index in [1.807, 2.05) is 30.3 Å². The Morgan fingerprint density at radius 3 is 2.54 bits per heavy atom. The zero-order valence-corrected chi connectivity index (χ0v) is 22.4. The minimum atomic E-state index is -0.729. The van der Waals surface area contributed by atoms with E-state index in [4.69, 9.17) is 27.6 Å². The van der Waals surface area contributed by atoms with E-state index < -0.39 is 6.04 Å². The largest absolute Gasteiger partial charge is 0.458 e. The van der Waals surface area contributed by atoms with Gasteiger partial charge in [-0.3, -0.25) is 14.2 Å². The molecular weight excluding hydrogens is 571 g/mol. The van der Waals surface area contributed by atoms with Gasteiger partial charge < -0.3 is 4.42 Å². The number of aromatic nitrogens is 1. The summed E-state index contributed by atoms with van der Waals surface area (Å²) in [6.45, 7) is 3.25. The fraction of sp³-hybridized carbons (Fsp3) is 0.115. The number of fused-ring (bicyclic) bond motifs is 1. The van der Waals surface area contributed by atoms with E-state index >= 15 is 0 Å². The van der Waals surface area contributed by atoms with Crippen LogP contribution in [0.1, 0.15) is 31.2 Å². The molecule has 4 aromatic rings. The van der Waals surface area contributed by atoms with E-state index in [1.54, 1.807) is 37.3 Å². The predicted molar refractivity (Wildman–Crippen MR) is 143 cm³/mol. The summed E-state index contributed by atoms with van der Waals surface area (Å²) in [5, 5.41) is 0.848. The standard InChI is InChI=1S/C26H17BrCl2N2O3S/c1-13-23(14(2)32)24(21-10-9-20(34-21)16-5-8-18(28)19(29)12-16)31-25(33)22(35-26(31)30-13)11-15-3-6-17(27)7-4-15/h3-12,24H,1-2H3/b22-11+/t24-/m1/s1. The Kier molecular flexibility index (Phi) is 6.44. The summed E-state index contributed by atoms with van der Waals surface area (Å²) >= 11 is 16.9. The number of nitrogens with zero attached hydrogens (tertiary/aromatic N) is 2. The van der Waals surface area contributed by atoms with Gasteiger partial charge in [0.15, 0.2) is 10.6 Å². The predicted octanol–water partition coefficient (Wildman–Crippen LogP) is 6.15. The molecule has 35 heavy (non-hydrogen) atoms. The van der Waals surface area contributed by atoms with Crippen molar-refractivity contribution in [2.75, 3.05) is 0 Å². The van der Waals surface area contributed by atoms with Crippen molar-refractivity contribution in [2.24, 2.45) is 4.99 Å². The molecule has 1 aliphatic heterocycles. The van der Waals surface area contributed by atoms with Crippen LogP contribution in [0.4, 0.5) is 0 Å². The van der Waals surface area contributed by atoms with Gasteiger partial charge in [0.05, 0.1) is 14.6 Å². The van der Waals surface area contributed by atoms with E-state index in [9.17, 15) is 9.59 Å². The van der Waals surface area contributed by atoms with Gasteiger partial charge in [0.25, 0.3) is 5.56 Å². The van der Waals surface area contributed by atoms with Gasteiger partial charge in [-0.05, 0) is 68.0 Å².